The van der Waals surface area contributed by atoms with E-state index in [1.165, 1.54) is 5.56 Å². The van der Waals surface area contributed by atoms with Crippen LogP contribution in [0.25, 0.3) is 0 Å². The average molecular weight is 176 g/mol. The normalized spacial score (nSPS) is 36.8. The van der Waals surface area contributed by atoms with Gasteiger partial charge in [0.2, 0.25) is 0 Å². The molecule has 2 saturated heterocycles. The van der Waals surface area contributed by atoms with Crippen LogP contribution in [0.4, 0.5) is 0 Å². The standard InChI is InChI=1S/C11H12O2/c1-2-4-8(5-3-1)10-11-9(13-10)6-7-12-11/h1-5,9-11H,6-7H2/t9-,10-,11-/m1/s1. The summed E-state index contributed by atoms with van der Waals surface area (Å²) in [5.41, 5.74) is 1.24. The van der Waals surface area contributed by atoms with Gasteiger partial charge in [-0.05, 0) is 12.0 Å². The van der Waals surface area contributed by atoms with Gasteiger partial charge in [0.25, 0.3) is 0 Å². The van der Waals surface area contributed by atoms with Gasteiger partial charge in [-0.3, -0.25) is 0 Å². The Labute approximate surface area is 77.5 Å². The maximum atomic E-state index is 5.72. The fourth-order valence-electron chi connectivity index (χ4n) is 2.11. The van der Waals surface area contributed by atoms with Crippen molar-refractivity contribution < 1.29 is 9.47 Å². The van der Waals surface area contributed by atoms with Gasteiger partial charge >= 0.3 is 0 Å². The second kappa shape index (κ2) is 2.82. The Morgan fingerprint density at radius 1 is 1.15 bits per heavy atom. The van der Waals surface area contributed by atoms with E-state index in [0.29, 0.717) is 12.2 Å². The second-order valence-electron chi connectivity index (χ2n) is 3.63. The van der Waals surface area contributed by atoms with Crippen LogP contribution >= 0.6 is 0 Å². The first kappa shape index (κ1) is 7.54. The van der Waals surface area contributed by atoms with Crippen molar-refractivity contribution in [2.75, 3.05) is 6.61 Å². The Balaban J connectivity index is 1.81. The van der Waals surface area contributed by atoms with Crippen LogP contribution in [0.5, 0.6) is 0 Å². The molecule has 0 saturated carbocycles. The molecule has 13 heavy (non-hydrogen) atoms. The summed E-state index contributed by atoms with van der Waals surface area (Å²) in [5.74, 6) is 0. The van der Waals surface area contributed by atoms with E-state index in [2.05, 4.69) is 12.1 Å². The second-order valence-corrected chi connectivity index (χ2v) is 3.63. The van der Waals surface area contributed by atoms with Gasteiger partial charge in [-0.1, -0.05) is 30.3 Å². The van der Waals surface area contributed by atoms with E-state index in [1.54, 1.807) is 0 Å². The van der Waals surface area contributed by atoms with Gasteiger partial charge in [0.15, 0.2) is 0 Å². The van der Waals surface area contributed by atoms with Crippen molar-refractivity contribution in [2.24, 2.45) is 0 Å². The molecule has 0 unspecified atom stereocenters. The molecule has 0 bridgehead atoms. The van der Waals surface area contributed by atoms with Crippen LogP contribution in [0, 0.1) is 0 Å². The minimum absolute atomic E-state index is 0.189. The van der Waals surface area contributed by atoms with Crippen LogP contribution in [0.1, 0.15) is 18.1 Å². The average Bonchev–Trinajstić information content (AvgIpc) is 2.50. The zero-order valence-corrected chi connectivity index (χ0v) is 7.35. The Bertz CT molecular complexity index is 296. The molecule has 2 nitrogen and oxygen atoms in total. The predicted molar refractivity (Wildman–Crippen MR) is 48.4 cm³/mol. The highest BCUT2D eigenvalue weighted by atomic mass is 16.6. The molecular formula is C11H12O2. The predicted octanol–water partition coefficient (Wildman–Crippen LogP) is 1.92. The molecule has 0 radical (unpaired) electrons. The number of ether oxygens (including phenoxy) is 2. The zero-order chi connectivity index (χ0) is 8.67. The van der Waals surface area contributed by atoms with Gasteiger partial charge < -0.3 is 9.47 Å². The molecule has 0 aliphatic carbocycles. The molecule has 1 aromatic carbocycles. The molecule has 2 heterocycles. The minimum Gasteiger partial charge on any atom is -0.372 e. The lowest BCUT2D eigenvalue weighted by molar-refractivity contribution is -0.202. The van der Waals surface area contributed by atoms with E-state index >= 15 is 0 Å². The van der Waals surface area contributed by atoms with Crippen molar-refractivity contribution in [3.05, 3.63) is 35.9 Å². The van der Waals surface area contributed by atoms with Gasteiger partial charge in [-0.25, -0.2) is 0 Å². The third-order valence-corrected chi connectivity index (χ3v) is 2.83. The number of hydrogen-bond donors (Lipinski definition) is 0. The van der Waals surface area contributed by atoms with E-state index in [4.69, 9.17) is 9.47 Å². The maximum Gasteiger partial charge on any atom is 0.114 e. The Kier molecular flexibility index (Phi) is 1.64. The number of fused-ring (bicyclic) bond motifs is 1. The van der Waals surface area contributed by atoms with Crippen LogP contribution in [0.15, 0.2) is 30.3 Å². The Morgan fingerprint density at radius 3 is 2.77 bits per heavy atom. The molecule has 1 aromatic rings. The van der Waals surface area contributed by atoms with Gasteiger partial charge in [-0.15, -0.1) is 0 Å². The van der Waals surface area contributed by atoms with Crippen LogP contribution in [0.3, 0.4) is 0 Å². The van der Waals surface area contributed by atoms with Crippen LogP contribution < -0.4 is 0 Å². The summed E-state index contributed by atoms with van der Waals surface area (Å²) in [6.07, 6.45) is 1.94. The van der Waals surface area contributed by atoms with Crippen LogP contribution in [-0.2, 0) is 9.47 Å². The first-order chi connectivity index (χ1) is 6.45. The summed E-state index contributed by atoms with van der Waals surface area (Å²) in [6, 6.07) is 10.3. The fraction of sp³-hybridized carbons (Fsp3) is 0.455. The van der Waals surface area contributed by atoms with Crippen molar-refractivity contribution in [1.82, 2.24) is 0 Å². The summed E-state index contributed by atoms with van der Waals surface area (Å²) in [7, 11) is 0. The minimum atomic E-state index is 0.189. The number of rotatable bonds is 1. The zero-order valence-electron chi connectivity index (χ0n) is 7.35. The van der Waals surface area contributed by atoms with Gasteiger partial charge in [0.1, 0.15) is 12.2 Å². The van der Waals surface area contributed by atoms with E-state index in [9.17, 15) is 0 Å². The summed E-state index contributed by atoms with van der Waals surface area (Å²) in [5, 5.41) is 0. The summed E-state index contributed by atoms with van der Waals surface area (Å²) in [4.78, 5) is 0. The molecule has 68 valence electrons. The van der Waals surface area contributed by atoms with Crippen molar-refractivity contribution in [3.8, 4) is 0 Å². The van der Waals surface area contributed by atoms with E-state index in [-0.39, 0.29) is 6.10 Å². The molecule has 2 fully saturated rings. The Morgan fingerprint density at radius 2 is 2.00 bits per heavy atom. The first-order valence-electron chi connectivity index (χ1n) is 4.77. The molecule has 2 aliphatic heterocycles. The molecule has 0 N–H and O–H groups in total. The van der Waals surface area contributed by atoms with E-state index in [1.807, 2.05) is 18.2 Å². The molecule has 0 spiro atoms. The largest absolute Gasteiger partial charge is 0.372 e. The van der Waals surface area contributed by atoms with E-state index in [0.717, 1.165) is 13.0 Å². The highest BCUT2D eigenvalue weighted by molar-refractivity contribution is 5.22. The van der Waals surface area contributed by atoms with Gasteiger partial charge in [-0.2, -0.15) is 0 Å². The molecule has 3 atom stereocenters. The van der Waals surface area contributed by atoms with Gasteiger partial charge in [0, 0.05) is 6.61 Å². The smallest absolute Gasteiger partial charge is 0.114 e. The van der Waals surface area contributed by atoms with Crippen molar-refractivity contribution in [1.29, 1.82) is 0 Å². The monoisotopic (exact) mass is 176 g/mol. The molecule has 2 aliphatic rings. The van der Waals surface area contributed by atoms with Crippen molar-refractivity contribution >= 4 is 0 Å². The lowest BCUT2D eigenvalue weighted by Crippen LogP contribution is -2.44. The third-order valence-electron chi connectivity index (χ3n) is 2.83. The number of hydrogen-bond acceptors (Lipinski definition) is 2. The van der Waals surface area contributed by atoms with E-state index < -0.39 is 0 Å². The van der Waals surface area contributed by atoms with Crippen LogP contribution in [-0.4, -0.2) is 18.8 Å². The van der Waals surface area contributed by atoms with Gasteiger partial charge in [0.05, 0.1) is 6.10 Å². The molecular weight excluding hydrogens is 164 g/mol. The summed E-state index contributed by atoms with van der Waals surface area (Å²) < 4.78 is 11.3. The van der Waals surface area contributed by atoms with Crippen molar-refractivity contribution in [2.45, 2.75) is 24.7 Å². The lowest BCUT2D eigenvalue weighted by Gasteiger charge is -2.39. The highest BCUT2D eigenvalue weighted by Gasteiger charge is 2.47. The molecule has 2 heteroatoms. The molecule has 0 amide bonds. The summed E-state index contributed by atoms with van der Waals surface area (Å²) >= 11 is 0. The molecule has 0 aromatic heterocycles. The third kappa shape index (κ3) is 1.10. The summed E-state index contributed by atoms with van der Waals surface area (Å²) in [6.45, 7) is 0.860. The topological polar surface area (TPSA) is 18.5 Å². The quantitative estimate of drug-likeness (QED) is 0.650. The number of benzene rings is 1. The first-order valence-corrected chi connectivity index (χ1v) is 4.77. The Hall–Kier alpha value is -0.860. The highest BCUT2D eigenvalue weighted by Crippen LogP contribution is 2.42. The SMILES string of the molecule is c1ccc([C@H]2O[C@@H]3CCO[C@@H]23)cc1. The maximum absolute atomic E-state index is 5.72. The lowest BCUT2D eigenvalue weighted by atomic mass is 9.94. The molecule has 3 rings (SSSR count). The van der Waals surface area contributed by atoms with Crippen molar-refractivity contribution in [3.63, 3.8) is 0 Å². The van der Waals surface area contributed by atoms with Crippen LogP contribution in [0.2, 0.25) is 0 Å². The fourth-order valence-corrected chi connectivity index (χ4v) is 2.11.